The summed E-state index contributed by atoms with van der Waals surface area (Å²) in [5.41, 5.74) is 10.7. The molecule has 342 valence electrons. The zero-order valence-corrected chi connectivity index (χ0v) is 34.1. The number of aromatic nitrogens is 2. The number of carbonyl (C=O) groups is 2. The van der Waals surface area contributed by atoms with Crippen LogP contribution in [0.2, 0.25) is 0 Å². The van der Waals surface area contributed by atoms with Crippen LogP contribution >= 0.6 is 0 Å². The molecule has 2 aliphatic rings. The fourth-order valence-electron chi connectivity index (χ4n) is 7.46. The van der Waals surface area contributed by atoms with E-state index in [0.29, 0.717) is 36.2 Å². The highest BCUT2D eigenvalue weighted by Crippen LogP contribution is 2.32. The van der Waals surface area contributed by atoms with E-state index in [0.717, 1.165) is 42.8 Å². The van der Waals surface area contributed by atoms with Gasteiger partial charge in [-0.05, 0) is 62.0 Å². The van der Waals surface area contributed by atoms with Gasteiger partial charge in [0.05, 0.1) is 5.56 Å². The molecule has 2 aliphatic heterocycles. The van der Waals surface area contributed by atoms with Gasteiger partial charge in [0.2, 0.25) is 11.8 Å². The van der Waals surface area contributed by atoms with E-state index in [-0.39, 0.29) is 44.5 Å². The number of anilines is 1. The van der Waals surface area contributed by atoms with E-state index in [1.807, 2.05) is 29.2 Å². The molecule has 0 bridgehead atoms. The zero-order chi connectivity index (χ0) is 45.3. The highest BCUT2D eigenvalue weighted by atomic mass is 19.4. The summed E-state index contributed by atoms with van der Waals surface area (Å²) in [4.78, 5) is 55.6. The van der Waals surface area contributed by atoms with Crippen LogP contribution in [0.15, 0.2) is 70.4 Å². The number of rotatable bonds is 20. The Kier molecular flexibility index (Phi) is 16.6. The molecule has 62 heavy (non-hydrogen) atoms. The van der Waals surface area contributed by atoms with Crippen LogP contribution in [0.25, 0.3) is 0 Å². The number of ether oxygens (including phenoxy) is 4. The molecule has 9 atom stereocenters. The van der Waals surface area contributed by atoms with Gasteiger partial charge in [0.15, 0.2) is 12.5 Å². The summed E-state index contributed by atoms with van der Waals surface area (Å²) >= 11 is 0. The number of aromatic amines is 1. The summed E-state index contributed by atoms with van der Waals surface area (Å²) in [7, 11) is 2.59. The molecule has 19 nitrogen and oxygen atoms in total. The number of primary amides is 1. The minimum absolute atomic E-state index is 0.0158. The highest BCUT2D eigenvalue weighted by molar-refractivity contribution is 5.80. The molecule has 3 aromatic rings. The minimum Gasteiger partial charge on any atom is -0.490 e. The van der Waals surface area contributed by atoms with Gasteiger partial charge >= 0.3 is 11.9 Å². The van der Waals surface area contributed by atoms with Crippen molar-refractivity contribution >= 4 is 17.5 Å². The normalized spacial score (nSPS) is 22.2. The summed E-state index contributed by atoms with van der Waals surface area (Å²) in [6.45, 7) is 1.43. The van der Waals surface area contributed by atoms with Gasteiger partial charge in [0.25, 0.3) is 5.56 Å². The van der Waals surface area contributed by atoms with Crippen LogP contribution < -0.4 is 37.7 Å². The predicted molar refractivity (Wildman–Crippen MR) is 214 cm³/mol. The maximum Gasteiger partial charge on any atom is 0.416 e. The number of benzene rings is 2. The SMILES string of the molecule is COC(C(O)C(O)n1ccc(=O)[nH]c1=O)C(OC1OC(CN)C(O)C1O)C(C(N)=O)N(C)CCCC(=O)NCc1ccc(N2CCC(Oc3ccc(C(F)(F)F)cc3)CC2)cc1. The van der Waals surface area contributed by atoms with E-state index in [2.05, 4.69) is 10.2 Å². The third kappa shape index (κ3) is 12.2. The summed E-state index contributed by atoms with van der Waals surface area (Å²) < 4.78 is 62.2. The third-order valence-electron chi connectivity index (χ3n) is 10.9. The third-order valence-corrected chi connectivity index (χ3v) is 10.9. The first-order valence-corrected chi connectivity index (χ1v) is 19.9. The second-order valence-corrected chi connectivity index (χ2v) is 15.2. The zero-order valence-electron chi connectivity index (χ0n) is 34.1. The van der Waals surface area contributed by atoms with E-state index >= 15 is 0 Å². The summed E-state index contributed by atoms with van der Waals surface area (Å²) in [5.74, 6) is -0.918. The fourth-order valence-corrected chi connectivity index (χ4v) is 7.46. The van der Waals surface area contributed by atoms with Crippen molar-refractivity contribution in [3.63, 3.8) is 0 Å². The standard InChI is InChI=1S/C40H54F3N7O12/c1-48(30(36(45)56)34(62-38-32(54)31(53)27(20-44)61-38)35(59-2)33(55)37(57)50-19-15-29(52)47-39(50)58)16-3-4-28(51)46-21-22-5-9-24(10-6-22)49-17-13-26(14-18-49)60-25-11-7-23(8-12-25)40(41,42)43/h5-12,15,19,26-27,30-35,37-38,53-55,57H,3-4,13-14,16-18,20-21,44H2,1-2H3,(H2,45,56)(H,46,51)(H,47,52,58). The van der Waals surface area contributed by atoms with Crippen LogP contribution in [-0.2, 0) is 36.5 Å². The number of halogens is 3. The van der Waals surface area contributed by atoms with Crippen molar-refractivity contribution in [3.8, 4) is 5.75 Å². The minimum atomic E-state index is -4.41. The molecule has 2 fully saturated rings. The van der Waals surface area contributed by atoms with E-state index in [1.54, 1.807) is 0 Å². The van der Waals surface area contributed by atoms with Crippen molar-refractivity contribution in [2.24, 2.45) is 11.5 Å². The van der Waals surface area contributed by atoms with Gasteiger partial charge in [-0.25, -0.2) is 4.79 Å². The molecule has 0 radical (unpaired) electrons. The number of carbonyl (C=O) groups excluding carboxylic acids is 2. The predicted octanol–water partition coefficient (Wildman–Crippen LogP) is -0.857. The number of methoxy groups -OCH3 is 1. The summed E-state index contributed by atoms with van der Waals surface area (Å²) in [6.07, 6.45) is -15.3. The number of nitrogens with two attached hydrogens (primary N) is 2. The largest absolute Gasteiger partial charge is 0.490 e. The highest BCUT2D eigenvalue weighted by Gasteiger charge is 2.49. The smallest absolute Gasteiger partial charge is 0.416 e. The maximum atomic E-state index is 13.1. The van der Waals surface area contributed by atoms with E-state index in [4.69, 9.17) is 30.4 Å². The Morgan fingerprint density at radius 3 is 2.24 bits per heavy atom. The lowest BCUT2D eigenvalue weighted by molar-refractivity contribution is -0.241. The van der Waals surface area contributed by atoms with Gasteiger partial charge in [-0.3, -0.25) is 28.8 Å². The first-order chi connectivity index (χ1) is 29.4. The number of likely N-dealkylation sites (N-methyl/N-ethyl adjacent to an activating group) is 1. The number of nitrogens with one attached hydrogen (secondary N) is 2. The Bertz CT molecular complexity index is 2030. The first kappa shape index (κ1) is 48.1. The van der Waals surface area contributed by atoms with Crippen LogP contribution in [0, 0.1) is 0 Å². The number of aliphatic hydroxyl groups is 4. The molecule has 10 N–H and O–H groups in total. The molecule has 2 aromatic carbocycles. The van der Waals surface area contributed by atoms with Gasteiger partial charge in [-0.15, -0.1) is 0 Å². The molecule has 22 heteroatoms. The van der Waals surface area contributed by atoms with Crippen LogP contribution in [0.3, 0.4) is 0 Å². The van der Waals surface area contributed by atoms with Gasteiger partial charge in [0, 0.05) is 70.5 Å². The second-order valence-electron chi connectivity index (χ2n) is 15.2. The van der Waals surface area contributed by atoms with Gasteiger partial charge in [-0.2, -0.15) is 13.2 Å². The van der Waals surface area contributed by atoms with Gasteiger partial charge in [0.1, 0.15) is 54.5 Å². The van der Waals surface area contributed by atoms with Crippen LogP contribution in [0.5, 0.6) is 5.75 Å². The number of hydrogen-bond acceptors (Lipinski definition) is 15. The molecule has 2 saturated heterocycles. The second kappa shape index (κ2) is 21.4. The topological polar surface area (TPSA) is 277 Å². The lowest BCUT2D eigenvalue weighted by Crippen LogP contribution is -2.61. The number of H-pyrrole nitrogens is 1. The van der Waals surface area contributed by atoms with Crippen molar-refractivity contribution in [1.82, 2.24) is 19.8 Å². The van der Waals surface area contributed by atoms with Crippen molar-refractivity contribution in [3.05, 3.63) is 92.8 Å². The Morgan fingerprint density at radius 1 is 1.02 bits per heavy atom. The maximum absolute atomic E-state index is 13.1. The Labute approximate surface area is 353 Å². The molecule has 5 rings (SSSR count). The molecule has 3 heterocycles. The molecule has 0 aliphatic carbocycles. The number of amides is 2. The van der Waals surface area contributed by atoms with Crippen LogP contribution in [0.4, 0.5) is 18.9 Å². The van der Waals surface area contributed by atoms with Crippen LogP contribution in [0.1, 0.15) is 43.0 Å². The van der Waals surface area contributed by atoms with Crippen molar-refractivity contribution in [2.45, 2.75) is 99.7 Å². The Morgan fingerprint density at radius 2 is 1.68 bits per heavy atom. The van der Waals surface area contributed by atoms with Crippen molar-refractivity contribution in [1.29, 1.82) is 0 Å². The molecular weight excluding hydrogens is 827 g/mol. The molecule has 2 amide bonds. The molecule has 9 unspecified atom stereocenters. The summed E-state index contributed by atoms with van der Waals surface area (Å²) in [5, 5.41) is 46.3. The lowest BCUT2D eigenvalue weighted by atomic mass is 9.97. The molecule has 1 aromatic heterocycles. The average molecular weight is 882 g/mol. The van der Waals surface area contributed by atoms with E-state index in [9.17, 15) is 52.8 Å². The van der Waals surface area contributed by atoms with E-state index in [1.165, 1.54) is 24.1 Å². The average Bonchev–Trinajstić information content (AvgIpc) is 3.51. The van der Waals surface area contributed by atoms with Gasteiger partial charge in [-0.1, -0.05) is 12.1 Å². The molecular formula is C40H54F3N7O12. The van der Waals surface area contributed by atoms with E-state index < -0.39 is 84.1 Å². The number of nitrogens with zero attached hydrogens (tertiary/aromatic N) is 3. The number of alkyl halides is 3. The molecule has 0 saturated carbocycles. The lowest BCUT2D eigenvalue weighted by Gasteiger charge is -2.40. The number of piperidine rings is 1. The first-order valence-electron chi connectivity index (χ1n) is 19.9. The van der Waals surface area contributed by atoms with Crippen molar-refractivity contribution < 1.29 is 62.1 Å². The van der Waals surface area contributed by atoms with Gasteiger partial charge < -0.3 is 61.1 Å². The Hall–Kier alpha value is -4.91. The number of aliphatic hydroxyl groups excluding tert-OH is 4. The van der Waals surface area contributed by atoms with Crippen LogP contribution in [-0.4, -0.2) is 142 Å². The molecule has 0 spiro atoms. The Balaban J connectivity index is 1.15. The summed E-state index contributed by atoms with van der Waals surface area (Å²) in [6, 6.07) is 11.7. The number of hydrogen-bond donors (Lipinski definition) is 8. The monoisotopic (exact) mass is 881 g/mol. The van der Waals surface area contributed by atoms with Crippen molar-refractivity contribution in [2.75, 3.05) is 45.2 Å². The fraction of sp³-hybridized carbons (Fsp3) is 0.550. The quantitative estimate of drug-likeness (QED) is 0.0686.